The van der Waals surface area contributed by atoms with E-state index in [2.05, 4.69) is 0 Å². The number of carbonyl (C=O) groups excluding carboxylic acids is 1. The topological polar surface area (TPSA) is 46.3 Å². The summed E-state index contributed by atoms with van der Waals surface area (Å²) in [6.07, 6.45) is 5.53. The summed E-state index contributed by atoms with van der Waals surface area (Å²) in [5.41, 5.74) is 5.68. The third-order valence-electron chi connectivity index (χ3n) is 3.14. The molecule has 1 saturated heterocycles. The Morgan fingerprint density at radius 1 is 1.53 bits per heavy atom. The second kappa shape index (κ2) is 6.11. The van der Waals surface area contributed by atoms with Crippen LogP contribution in [-0.2, 0) is 4.79 Å². The number of nitrogens with zero attached hydrogens (tertiary/aromatic N) is 1. The van der Waals surface area contributed by atoms with Crippen molar-refractivity contribution in [3.05, 3.63) is 0 Å². The van der Waals surface area contributed by atoms with Crippen molar-refractivity contribution >= 4 is 5.91 Å². The molecule has 0 aromatic heterocycles. The van der Waals surface area contributed by atoms with Gasteiger partial charge in [-0.3, -0.25) is 4.79 Å². The second-order valence-electron chi connectivity index (χ2n) is 4.84. The lowest BCUT2D eigenvalue weighted by atomic mass is 9.99. The monoisotopic (exact) mass is 212 g/mol. The number of likely N-dealkylation sites (tertiary alicyclic amines) is 1. The Morgan fingerprint density at radius 3 is 2.93 bits per heavy atom. The molecular formula is C12H24N2O. The van der Waals surface area contributed by atoms with Crippen LogP contribution < -0.4 is 5.73 Å². The first-order valence-electron chi connectivity index (χ1n) is 6.15. The molecule has 2 unspecified atom stereocenters. The minimum Gasteiger partial charge on any atom is -0.342 e. The van der Waals surface area contributed by atoms with Crippen LogP contribution in [0.1, 0.15) is 46.0 Å². The fourth-order valence-electron chi connectivity index (χ4n) is 2.12. The van der Waals surface area contributed by atoms with Crippen LogP contribution in [0.2, 0.25) is 0 Å². The minimum absolute atomic E-state index is 0.243. The van der Waals surface area contributed by atoms with E-state index in [0.717, 1.165) is 38.8 Å². The summed E-state index contributed by atoms with van der Waals surface area (Å²) in [7, 11) is 0. The number of nitrogens with two attached hydrogens (primary N) is 1. The molecule has 1 amide bonds. The molecule has 1 rings (SSSR count). The molecular weight excluding hydrogens is 188 g/mol. The van der Waals surface area contributed by atoms with Gasteiger partial charge in [0.1, 0.15) is 0 Å². The standard InChI is InChI=1S/C12H24N2O/c1-10-6-5-9-14(12(10)15)8-4-3-7-11(2)13/h10-11H,3-9,13H2,1-2H3. The molecule has 0 aromatic rings. The van der Waals surface area contributed by atoms with Crippen LogP contribution in [-0.4, -0.2) is 29.9 Å². The van der Waals surface area contributed by atoms with E-state index in [-0.39, 0.29) is 5.92 Å². The molecule has 2 atom stereocenters. The van der Waals surface area contributed by atoms with Crippen molar-refractivity contribution in [2.45, 2.75) is 52.0 Å². The predicted molar refractivity (Wildman–Crippen MR) is 62.5 cm³/mol. The van der Waals surface area contributed by atoms with Crippen LogP contribution in [0.4, 0.5) is 0 Å². The van der Waals surface area contributed by atoms with Crippen LogP contribution in [0.25, 0.3) is 0 Å². The van der Waals surface area contributed by atoms with Crippen LogP contribution in [0.5, 0.6) is 0 Å². The van der Waals surface area contributed by atoms with Gasteiger partial charge in [0.05, 0.1) is 0 Å². The van der Waals surface area contributed by atoms with Crippen molar-refractivity contribution in [3.8, 4) is 0 Å². The fourth-order valence-corrected chi connectivity index (χ4v) is 2.12. The van der Waals surface area contributed by atoms with Crippen LogP contribution >= 0.6 is 0 Å². The zero-order valence-corrected chi connectivity index (χ0v) is 10.0. The molecule has 0 aliphatic carbocycles. The van der Waals surface area contributed by atoms with Gasteiger partial charge in [-0.1, -0.05) is 13.3 Å². The van der Waals surface area contributed by atoms with Gasteiger partial charge in [0.15, 0.2) is 0 Å². The van der Waals surface area contributed by atoms with E-state index in [0.29, 0.717) is 11.9 Å². The van der Waals surface area contributed by atoms with Crippen molar-refractivity contribution in [3.63, 3.8) is 0 Å². The van der Waals surface area contributed by atoms with Gasteiger partial charge in [-0.25, -0.2) is 0 Å². The first kappa shape index (κ1) is 12.5. The molecule has 2 N–H and O–H groups in total. The maximum absolute atomic E-state index is 11.8. The normalized spacial score (nSPS) is 24.3. The number of piperidine rings is 1. The molecule has 1 heterocycles. The van der Waals surface area contributed by atoms with Crippen molar-refractivity contribution in [2.24, 2.45) is 11.7 Å². The minimum atomic E-state index is 0.243. The van der Waals surface area contributed by atoms with E-state index in [1.165, 1.54) is 6.42 Å². The Bertz CT molecular complexity index is 204. The molecule has 3 heteroatoms. The lowest BCUT2D eigenvalue weighted by Gasteiger charge is -2.30. The summed E-state index contributed by atoms with van der Waals surface area (Å²) in [4.78, 5) is 13.8. The van der Waals surface area contributed by atoms with E-state index >= 15 is 0 Å². The Balaban J connectivity index is 2.17. The highest BCUT2D eigenvalue weighted by Gasteiger charge is 2.24. The number of hydrogen-bond acceptors (Lipinski definition) is 2. The highest BCUT2D eigenvalue weighted by molar-refractivity contribution is 5.79. The summed E-state index contributed by atoms with van der Waals surface area (Å²) < 4.78 is 0. The Labute approximate surface area is 93.0 Å². The molecule has 1 fully saturated rings. The number of amides is 1. The summed E-state index contributed by atoms with van der Waals surface area (Å²) in [5, 5.41) is 0. The van der Waals surface area contributed by atoms with Gasteiger partial charge in [0, 0.05) is 25.0 Å². The highest BCUT2D eigenvalue weighted by atomic mass is 16.2. The SMILES string of the molecule is CC(N)CCCCN1CCCC(C)C1=O. The van der Waals surface area contributed by atoms with E-state index < -0.39 is 0 Å². The summed E-state index contributed by atoms with van der Waals surface area (Å²) in [6.45, 7) is 5.96. The molecule has 88 valence electrons. The third kappa shape index (κ3) is 4.20. The van der Waals surface area contributed by atoms with Gasteiger partial charge in [-0.15, -0.1) is 0 Å². The zero-order chi connectivity index (χ0) is 11.3. The van der Waals surface area contributed by atoms with Crippen LogP contribution in [0.3, 0.4) is 0 Å². The number of rotatable bonds is 5. The molecule has 0 spiro atoms. The number of carbonyl (C=O) groups is 1. The van der Waals surface area contributed by atoms with Gasteiger partial charge < -0.3 is 10.6 Å². The quantitative estimate of drug-likeness (QED) is 0.706. The molecule has 3 nitrogen and oxygen atoms in total. The summed E-state index contributed by atoms with van der Waals surface area (Å²) in [5.74, 6) is 0.592. The van der Waals surface area contributed by atoms with Crippen molar-refractivity contribution in [1.82, 2.24) is 4.90 Å². The Morgan fingerprint density at radius 2 is 2.27 bits per heavy atom. The smallest absolute Gasteiger partial charge is 0.225 e. The van der Waals surface area contributed by atoms with Gasteiger partial charge in [-0.05, 0) is 32.6 Å². The molecule has 1 aliphatic rings. The van der Waals surface area contributed by atoms with Crippen molar-refractivity contribution in [2.75, 3.05) is 13.1 Å². The lowest BCUT2D eigenvalue weighted by Crippen LogP contribution is -2.40. The summed E-state index contributed by atoms with van der Waals surface area (Å²) >= 11 is 0. The van der Waals surface area contributed by atoms with Gasteiger partial charge in [-0.2, -0.15) is 0 Å². The van der Waals surface area contributed by atoms with Gasteiger partial charge >= 0.3 is 0 Å². The third-order valence-corrected chi connectivity index (χ3v) is 3.14. The van der Waals surface area contributed by atoms with Gasteiger partial charge in [0.2, 0.25) is 5.91 Å². The molecule has 1 aliphatic heterocycles. The average Bonchev–Trinajstić information content (AvgIpc) is 2.18. The molecule has 0 radical (unpaired) electrons. The molecule has 15 heavy (non-hydrogen) atoms. The molecule has 0 aromatic carbocycles. The second-order valence-corrected chi connectivity index (χ2v) is 4.84. The van der Waals surface area contributed by atoms with Crippen LogP contribution in [0.15, 0.2) is 0 Å². The molecule has 0 saturated carbocycles. The van der Waals surface area contributed by atoms with Crippen molar-refractivity contribution in [1.29, 1.82) is 0 Å². The first-order valence-corrected chi connectivity index (χ1v) is 6.15. The van der Waals surface area contributed by atoms with E-state index in [1.807, 2.05) is 18.7 Å². The Hall–Kier alpha value is -0.570. The largest absolute Gasteiger partial charge is 0.342 e. The van der Waals surface area contributed by atoms with Crippen LogP contribution in [0, 0.1) is 5.92 Å². The van der Waals surface area contributed by atoms with Gasteiger partial charge in [0.25, 0.3) is 0 Å². The maximum Gasteiger partial charge on any atom is 0.225 e. The molecule has 0 bridgehead atoms. The van der Waals surface area contributed by atoms with E-state index in [4.69, 9.17) is 5.73 Å². The van der Waals surface area contributed by atoms with Crippen molar-refractivity contribution < 1.29 is 4.79 Å². The number of unbranched alkanes of at least 4 members (excludes halogenated alkanes) is 1. The first-order chi connectivity index (χ1) is 7.11. The summed E-state index contributed by atoms with van der Waals surface area (Å²) in [6, 6.07) is 0.293. The lowest BCUT2D eigenvalue weighted by molar-refractivity contribution is -0.137. The van der Waals surface area contributed by atoms with E-state index in [9.17, 15) is 4.79 Å². The Kier molecular flexibility index (Phi) is 5.09. The highest BCUT2D eigenvalue weighted by Crippen LogP contribution is 2.17. The fraction of sp³-hybridized carbons (Fsp3) is 0.917. The predicted octanol–water partition coefficient (Wildman–Crippen LogP) is 1.76. The maximum atomic E-state index is 11.8. The van der Waals surface area contributed by atoms with E-state index in [1.54, 1.807) is 0 Å². The zero-order valence-electron chi connectivity index (χ0n) is 10.0. The number of hydrogen-bond donors (Lipinski definition) is 1. The average molecular weight is 212 g/mol.